The van der Waals surface area contributed by atoms with Crippen molar-refractivity contribution in [3.63, 3.8) is 0 Å². The van der Waals surface area contributed by atoms with Gasteiger partial charge in [0.25, 0.3) is 5.91 Å². The average molecular weight is 406 g/mol. The molecule has 0 saturated heterocycles. The van der Waals surface area contributed by atoms with Crippen molar-refractivity contribution in [1.29, 1.82) is 0 Å². The largest absolute Gasteiger partial charge is 0.348 e. The molecule has 2 aromatic heterocycles. The summed E-state index contributed by atoms with van der Waals surface area (Å²) in [6.45, 7) is 9.72. The van der Waals surface area contributed by atoms with Crippen LogP contribution in [0.4, 0.5) is 0 Å². The van der Waals surface area contributed by atoms with E-state index in [4.69, 9.17) is 4.98 Å². The lowest BCUT2D eigenvalue weighted by Crippen LogP contribution is -2.26. The molecule has 6 nitrogen and oxygen atoms in total. The van der Waals surface area contributed by atoms with Crippen LogP contribution in [0.3, 0.4) is 0 Å². The molecule has 1 fully saturated rings. The fourth-order valence-electron chi connectivity index (χ4n) is 4.07. The first-order valence-electron chi connectivity index (χ1n) is 10.9. The molecule has 0 radical (unpaired) electrons. The van der Waals surface area contributed by atoms with Gasteiger partial charge in [-0.1, -0.05) is 38.1 Å². The van der Waals surface area contributed by atoms with Gasteiger partial charge in [-0.3, -0.25) is 14.4 Å². The smallest absolute Gasteiger partial charge is 0.252 e. The highest BCUT2D eigenvalue weighted by Crippen LogP contribution is 2.40. The van der Waals surface area contributed by atoms with Crippen molar-refractivity contribution in [2.24, 2.45) is 7.05 Å². The Balaban J connectivity index is 1.59. The van der Waals surface area contributed by atoms with Crippen LogP contribution in [0, 0.1) is 6.92 Å². The van der Waals surface area contributed by atoms with Crippen molar-refractivity contribution in [1.82, 2.24) is 25.0 Å². The minimum atomic E-state index is -0.0574. The second kappa shape index (κ2) is 8.56. The molecular weight excluding hydrogens is 374 g/mol. The first-order valence-corrected chi connectivity index (χ1v) is 10.9. The van der Waals surface area contributed by atoms with Gasteiger partial charge in [-0.05, 0) is 50.0 Å². The van der Waals surface area contributed by atoms with Crippen LogP contribution in [0.2, 0.25) is 0 Å². The van der Waals surface area contributed by atoms with Gasteiger partial charge in [-0.2, -0.15) is 5.10 Å². The lowest BCUT2D eigenvalue weighted by molar-refractivity contribution is 0.0952. The Bertz CT molecular complexity index is 1060. The number of carbonyl (C=O) groups excluding carboxylic acids is 1. The predicted molar refractivity (Wildman–Crippen MR) is 119 cm³/mol. The van der Waals surface area contributed by atoms with Crippen molar-refractivity contribution in [2.75, 3.05) is 13.1 Å². The zero-order valence-electron chi connectivity index (χ0n) is 18.4. The molecule has 2 heterocycles. The number of aryl methyl sites for hydroxylation is 2. The Kier molecular flexibility index (Phi) is 5.86. The van der Waals surface area contributed by atoms with Crippen LogP contribution in [-0.2, 0) is 20.1 Å². The van der Waals surface area contributed by atoms with Crippen LogP contribution >= 0.6 is 0 Å². The molecule has 0 bridgehead atoms. The highest BCUT2D eigenvalue weighted by atomic mass is 16.1. The standard InChI is InChI=1S/C24H31N5O/c1-5-29(6-2)15-19-10-8-7-9-18(19)14-25-24(30)20-13-21(17-11-12-17)26-23-22(20)16(3)27-28(23)4/h7-10,13,17H,5-6,11-12,14-15H2,1-4H3,(H,25,30). The summed E-state index contributed by atoms with van der Waals surface area (Å²) in [4.78, 5) is 20.4. The van der Waals surface area contributed by atoms with Crippen molar-refractivity contribution in [2.45, 2.75) is 52.6 Å². The van der Waals surface area contributed by atoms with Crippen molar-refractivity contribution < 1.29 is 4.79 Å². The Morgan fingerprint density at radius 2 is 1.90 bits per heavy atom. The van der Waals surface area contributed by atoms with Gasteiger partial charge in [0.1, 0.15) is 0 Å². The summed E-state index contributed by atoms with van der Waals surface area (Å²) in [5.41, 5.74) is 5.76. The van der Waals surface area contributed by atoms with E-state index in [2.05, 4.69) is 47.4 Å². The normalized spacial score (nSPS) is 13.9. The van der Waals surface area contributed by atoms with Gasteiger partial charge in [-0.25, -0.2) is 4.98 Å². The number of rotatable bonds is 8. The number of amides is 1. The Morgan fingerprint density at radius 1 is 1.20 bits per heavy atom. The third kappa shape index (κ3) is 4.10. The zero-order chi connectivity index (χ0) is 21.3. The molecule has 0 spiro atoms. The number of hydrogen-bond donors (Lipinski definition) is 1. The molecule has 1 saturated carbocycles. The quantitative estimate of drug-likeness (QED) is 0.617. The first-order chi connectivity index (χ1) is 14.5. The molecule has 1 aliphatic carbocycles. The van der Waals surface area contributed by atoms with Gasteiger partial charge in [0.05, 0.1) is 16.6 Å². The predicted octanol–water partition coefficient (Wildman–Crippen LogP) is 3.93. The number of fused-ring (bicyclic) bond motifs is 1. The first kappa shape index (κ1) is 20.5. The topological polar surface area (TPSA) is 63.1 Å². The van der Waals surface area contributed by atoms with Crippen LogP contribution in [0.1, 0.15) is 65.5 Å². The minimum absolute atomic E-state index is 0.0574. The highest BCUT2D eigenvalue weighted by Gasteiger charge is 2.28. The van der Waals surface area contributed by atoms with E-state index in [1.807, 2.05) is 26.1 Å². The summed E-state index contributed by atoms with van der Waals surface area (Å²) in [6, 6.07) is 10.3. The van der Waals surface area contributed by atoms with E-state index < -0.39 is 0 Å². The zero-order valence-corrected chi connectivity index (χ0v) is 18.4. The number of nitrogens with one attached hydrogen (secondary N) is 1. The third-order valence-corrected chi connectivity index (χ3v) is 6.07. The monoisotopic (exact) mass is 405 g/mol. The van der Waals surface area contributed by atoms with Crippen molar-refractivity contribution >= 4 is 16.9 Å². The van der Waals surface area contributed by atoms with Gasteiger partial charge in [0.15, 0.2) is 5.65 Å². The molecule has 0 aliphatic heterocycles. The van der Waals surface area contributed by atoms with Gasteiger partial charge in [-0.15, -0.1) is 0 Å². The van der Waals surface area contributed by atoms with E-state index in [9.17, 15) is 4.79 Å². The van der Waals surface area contributed by atoms with Crippen molar-refractivity contribution in [3.8, 4) is 0 Å². The molecular formula is C24H31N5O. The van der Waals surface area contributed by atoms with E-state index >= 15 is 0 Å². The summed E-state index contributed by atoms with van der Waals surface area (Å²) >= 11 is 0. The number of aromatic nitrogens is 3. The van der Waals surface area contributed by atoms with E-state index in [0.29, 0.717) is 18.0 Å². The van der Waals surface area contributed by atoms with Crippen LogP contribution in [0.25, 0.3) is 11.0 Å². The fourth-order valence-corrected chi connectivity index (χ4v) is 4.07. The van der Waals surface area contributed by atoms with Crippen LogP contribution < -0.4 is 5.32 Å². The molecule has 30 heavy (non-hydrogen) atoms. The number of pyridine rings is 1. The van der Waals surface area contributed by atoms with Crippen LogP contribution in [0.5, 0.6) is 0 Å². The number of benzene rings is 1. The van der Waals surface area contributed by atoms with Crippen molar-refractivity contribution in [3.05, 3.63) is 58.4 Å². The summed E-state index contributed by atoms with van der Waals surface area (Å²) in [6.07, 6.45) is 2.30. The second-order valence-electron chi connectivity index (χ2n) is 8.19. The van der Waals surface area contributed by atoms with E-state index in [0.717, 1.165) is 60.5 Å². The van der Waals surface area contributed by atoms with Gasteiger partial charge < -0.3 is 5.32 Å². The molecule has 0 unspecified atom stereocenters. The molecule has 158 valence electrons. The molecule has 1 amide bonds. The van der Waals surface area contributed by atoms with Gasteiger partial charge in [0, 0.05) is 31.7 Å². The van der Waals surface area contributed by atoms with Gasteiger partial charge >= 0.3 is 0 Å². The molecule has 4 rings (SSSR count). The second-order valence-corrected chi connectivity index (χ2v) is 8.19. The maximum Gasteiger partial charge on any atom is 0.252 e. The number of carbonyl (C=O) groups is 1. The van der Waals surface area contributed by atoms with E-state index in [1.54, 1.807) is 4.68 Å². The fraction of sp³-hybridized carbons (Fsp3) is 0.458. The summed E-state index contributed by atoms with van der Waals surface area (Å²) < 4.78 is 1.78. The SMILES string of the molecule is CCN(CC)Cc1ccccc1CNC(=O)c1cc(C2CC2)nc2c1c(C)nn2C. The third-order valence-electron chi connectivity index (χ3n) is 6.07. The van der Waals surface area contributed by atoms with Crippen LogP contribution in [-0.4, -0.2) is 38.7 Å². The molecule has 0 atom stereocenters. The molecule has 1 aromatic carbocycles. The lowest BCUT2D eigenvalue weighted by atomic mass is 10.1. The average Bonchev–Trinajstić information content (AvgIpc) is 3.56. The van der Waals surface area contributed by atoms with E-state index in [-0.39, 0.29) is 5.91 Å². The number of nitrogens with zero attached hydrogens (tertiary/aromatic N) is 4. The highest BCUT2D eigenvalue weighted by molar-refractivity contribution is 6.06. The Hall–Kier alpha value is -2.73. The maximum atomic E-state index is 13.2. The summed E-state index contributed by atoms with van der Waals surface area (Å²) in [5.74, 6) is 0.420. The minimum Gasteiger partial charge on any atom is -0.348 e. The molecule has 1 aliphatic rings. The maximum absolute atomic E-state index is 13.2. The van der Waals surface area contributed by atoms with E-state index in [1.165, 1.54) is 5.56 Å². The lowest BCUT2D eigenvalue weighted by Gasteiger charge is -2.20. The molecule has 1 N–H and O–H groups in total. The Labute approximate surface area is 178 Å². The summed E-state index contributed by atoms with van der Waals surface area (Å²) in [5, 5.41) is 8.52. The van der Waals surface area contributed by atoms with Gasteiger partial charge in [0.2, 0.25) is 0 Å². The Morgan fingerprint density at radius 3 is 2.57 bits per heavy atom. The molecule has 3 aromatic rings. The summed E-state index contributed by atoms with van der Waals surface area (Å²) in [7, 11) is 1.89. The number of hydrogen-bond acceptors (Lipinski definition) is 4. The van der Waals surface area contributed by atoms with Crippen LogP contribution in [0.15, 0.2) is 30.3 Å². The molecule has 6 heteroatoms.